The molecule has 0 unspecified atom stereocenters. The van der Waals surface area contributed by atoms with E-state index in [1.807, 2.05) is 0 Å². The van der Waals surface area contributed by atoms with Crippen molar-refractivity contribution in [3.05, 3.63) is 18.1 Å². The molecule has 0 aliphatic rings. The van der Waals surface area contributed by atoms with Gasteiger partial charge in [-0.2, -0.15) is 4.98 Å². The average molecular weight is 136 g/mol. The van der Waals surface area contributed by atoms with Crippen molar-refractivity contribution in [1.82, 2.24) is 4.98 Å². The van der Waals surface area contributed by atoms with Crippen LogP contribution < -0.4 is 0 Å². The van der Waals surface area contributed by atoms with Crippen LogP contribution in [0.4, 0.5) is 4.39 Å². The summed E-state index contributed by atoms with van der Waals surface area (Å²) in [6, 6.07) is 0. The fraction of sp³-hybridized carbons (Fsp3) is 0.250. The molecule has 4 heteroatoms. The zero-order valence-electron chi connectivity index (χ0n) is 3.90. The number of halogens is 2. The van der Waals surface area contributed by atoms with Crippen LogP contribution in [0, 0.1) is 6.14 Å². The van der Waals surface area contributed by atoms with Gasteiger partial charge in [0.1, 0.15) is 6.26 Å². The number of nitrogens with zero attached hydrogens (tertiary/aromatic N) is 1. The molecule has 0 fully saturated rings. The molecular formula is C4H3ClFNO. The molecule has 1 aromatic heterocycles. The van der Waals surface area contributed by atoms with E-state index in [-0.39, 0.29) is 5.88 Å². The summed E-state index contributed by atoms with van der Waals surface area (Å²) in [5.41, 5.74) is 0.421. The summed E-state index contributed by atoms with van der Waals surface area (Å²) in [6.07, 6.45) is 0.350. The molecular weight excluding hydrogens is 133 g/mol. The zero-order valence-corrected chi connectivity index (χ0v) is 4.65. The highest BCUT2D eigenvalue weighted by molar-refractivity contribution is 6.16. The summed E-state index contributed by atoms with van der Waals surface area (Å²) in [5, 5.41) is 0. The lowest BCUT2D eigenvalue weighted by molar-refractivity contribution is 0.336. The van der Waals surface area contributed by atoms with Crippen LogP contribution in [-0.2, 0) is 5.88 Å². The molecule has 0 bridgehead atoms. The van der Waals surface area contributed by atoms with Gasteiger partial charge in [-0.25, -0.2) is 0 Å². The van der Waals surface area contributed by atoms with E-state index in [4.69, 9.17) is 11.6 Å². The molecule has 0 saturated carbocycles. The van der Waals surface area contributed by atoms with Crippen molar-refractivity contribution < 1.29 is 8.81 Å². The van der Waals surface area contributed by atoms with E-state index >= 15 is 0 Å². The van der Waals surface area contributed by atoms with Crippen molar-refractivity contribution in [2.24, 2.45) is 0 Å². The maximum absolute atomic E-state index is 11.8. The molecule has 0 saturated heterocycles. The van der Waals surface area contributed by atoms with Crippen molar-refractivity contribution in [2.45, 2.75) is 5.88 Å². The van der Waals surface area contributed by atoms with Crippen LogP contribution in [0.2, 0.25) is 0 Å². The fourth-order valence-corrected chi connectivity index (χ4v) is 0.466. The quantitative estimate of drug-likeness (QED) is 0.546. The smallest absolute Gasteiger partial charge is 0.381 e. The van der Waals surface area contributed by atoms with Gasteiger partial charge in [0, 0.05) is 0 Å². The van der Waals surface area contributed by atoms with Gasteiger partial charge in [0.05, 0.1) is 11.6 Å². The second kappa shape index (κ2) is 2.13. The molecule has 1 aromatic rings. The average Bonchev–Trinajstić information content (AvgIpc) is 2.14. The van der Waals surface area contributed by atoms with Gasteiger partial charge in [-0.3, -0.25) is 0 Å². The second-order valence-corrected chi connectivity index (χ2v) is 1.49. The van der Waals surface area contributed by atoms with Gasteiger partial charge in [-0.1, -0.05) is 0 Å². The lowest BCUT2D eigenvalue weighted by atomic mass is 10.6. The number of aromatic nitrogens is 1. The lowest BCUT2D eigenvalue weighted by Gasteiger charge is -1.73. The highest BCUT2D eigenvalue weighted by Crippen LogP contribution is 2.01. The number of alkyl halides is 1. The molecule has 0 atom stereocenters. The molecule has 2 nitrogen and oxygen atoms in total. The zero-order chi connectivity index (χ0) is 5.98. The normalized spacial score (nSPS) is 9.75. The van der Waals surface area contributed by atoms with Gasteiger partial charge in [-0.05, 0) is 0 Å². The second-order valence-electron chi connectivity index (χ2n) is 1.23. The van der Waals surface area contributed by atoms with E-state index < -0.39 is 6.14 Å². The Morgan fingerprint density at radius 3 is 2.88 bits per heavy atom. The Morgan fingerprint density at radius 1 is 1.88 bits per heavy atom. The summed E-state index contributed by atoms with van der Waals surface area (Å²) in [6.45, 7) is 0. The molecule has 44 valence electrons. The Balaban J connectivity index is 2.84. The molecule has 0 N–H and O–H groups in total. The Labute approximate surface area is 50.3 Å². The van der Waals surface area contributed by atoms with E-state index in [0.717, 1.165) is 0 Å². The minimum Gasteiger partial charge on any atom is -0.423 e. The van der Waals surface area contributed by atoms with E-state index in [2.05, 4.69) is 9.40 Å². The van der Waals surface area contributed by atoms with Gasteiger partial charge in [0.25, 0.3) is 0 Å². The SMILES string of the molecule is Fc1nc(CCl)co1. The third kappa shape index (κ3) is 0.980. The standard InChI is InChI=1S/C4H3ClFNO/c5-1-3-2-8-4(6)7-3/h2H,1H2. The molecule has 0 amide bonds. The first kappa shape index (κ1) is 5.56. The van der Waals surface area contributed by atoms with Crippen molar-refractivity contribution in [1.29, 1.82) is 0 Å². The fourth-order valence-electron chi connectivity index (χ4n) is 0.344. The minimum atomic E-state index is -0.833. The molecule has 0 radical (unpaired) electrons. The van der Waals surface area contributed by atoms with E-state index in [0.29, 0.717) is 5.69 Å². The number of oxazole rings is 1. The lowest BCUT2D eigenvalue weighted by Crippen LogP contribution is -1.75. The van der Waals surface area contributed by atoms with Gasteiger partial charge in [0.2, 0.25) is 0 Å². The third-order valence-corrected chi connectivity index (χ3v) is 0.934. The number of hydrogen-bond donors (Lipinski definition) is 0. The monoisotopic (exact) mass is 135 g/mol. The maximum Gasteiger partial charge on any atom is 0.381 e. The van der Waals surface area contributed by atoms with Crippen LogP contribution in [0.3, 0.4) is 0 Å². The minimum absolute atomic E-state index is 0.188. The topological polar surface area (TPSA) is 26.0 Å². The van der Waals surface area contributed by atoms with E-state index in [1.165, 1.54) is 6.26 Å². The van der Waals surface area contributed by atoms with Gasteiger partial charge in [0.15, 0.2) is 0 Å². The van der Waals surface area contributed by atoms with Crippen LogP contribution in [0.25, 0.3) is 0 Å². The Bertz CT molecular complexity index is 176. The molecule has 8 heavy (non-hydrogen) atoms. The largest absolute Gasteiger partial charge is 0.423 e. The predicted molar refractivity (Wildman–Crippen MR) is 26.0 cm³/mol. The molecule has 0 aromatic carbocycles. The van der Waals surface area contributed by atoms with Crippen LogP contribution in [0.1, 0.15) is 5.69 Å². The van der Waals surface area contributed by atoms with Gasteiger partial charge in [-0.15, -0.1) is 16.0 Å². The highest BCUT2D eigenvalue weighted by Gasteiger charge is 1.97. The number of hydrogen-bond acceptors (Lipinski definition) is 2. The summed E-state index contributed by atoms with van der Waals surface area (Å²) >= 11 is 5.25. The van der Waals surface area contributed by atoms with Crippen molar-refractivity contribution in [2.75, 3.05) is 0 Å². The van der Waals surface area contributed by atoms with E-state index in [9.17, 15) is 4.39 Å². The molecule has 0 spiro atoms. The van der Waals surface area contributed by atoms with Crippen molar-refractivity contribution in [3.8, 4) is 0 Å². The Kier molecular flexibility index (Phi) is 1.48. The van der Waals surface area contributed by atoms with Gasteiger partial charge >= 0.3 is 6.14 Å². The molecule has 0 aliphatic heterocycles. The third-order valence-electron chi connectivity index (χ3n) is 0.661. The summed E-state index contributed by atoms with van der Waals surface area (Å²) in [4.78, 5) is 3.26. The maximum atomic E-state index is 11.8. The summed E-state index contributed by atoms with van der Waals surface area (Å²) < 4.78 is 16.0. The predicted octanol–water partition coefficient (Wildman–Crippen LogP) is 1.55. The van der Waals surface area contributed by atoms with Crippen molar-refractivity contribution in [3.63, 3.8) is 0 Å². The van der Waals surface area contributed by atoms with Crippen molar-refractivity contribution >= 4 is 11.6 Å². The van der Waals surface area contributed by atoms with Crippen LogP contribution in [-0.4, -0.2) is 4.98 Å². The van der Waals surface area contributed by atoms with Gasteiger partial charge < -0.3 is 4.42 Å². The highest BCUT2D eigenvalue weighted by atomic mass is 35.5. The summed E-state index contributed by atoms with van der Waals surface area (Å²) in [7, 11) is 0. The van der Waals surface area contributed by atoms with Crippen LogP contribution >= 0.6 is 11.6 Å². The summed E-state index contributed by atoms with van der Waals surface area (Å²) in [5.74, 6) is 0.188. The first-order chi connectivity index (χ1) is 3.83. The van der Waals surface area contributed by atoms with Crippen LogP contribution in [0.5, 0.6) is 0 Å². The number of rotatable bonds is 1. The van der Waals surface area contributed by atoms with Crippen LogP contribution in [0.15, 0.2) is 10.7 Å². The Morgan fingerprint density at radius 2 is 2.62 bits per heavy atom. The first-order valence-electron chi connectivity index (χ1n) is 1.99. The molecule has 1 rings (SSSR count). The first-order valence-corrected chi connectivity index (χ1v) is 2.52. The van der Waals surface area contributed by atoms with E-state index in [1.54, 1.807) is 0 Å². The molecule has 0 aliphatic carbocycles. The Hall–Kier alpha value is -0.570. The molecule has 1 heterocycles.